The lowest BCUT2D eigenvalue weighted by Gasteiger charge is -2.00. The highest BCUT2D eigenvalue weighted by atomic mass is 35.5. The Bertz CT molecular complexity index is 462. The molecule has 0 radical (unpaired) electrons. The molecule has 1 N–H and O–H groups in total. The van der Waals surface area contributed by atoms with Gasteiger partial charge in [-0.25, -0.2) is 0 Å². The fraction of sp³-hybridized carbons (Fsp3) is 0.273. The minimum Gasteiger partial charge on any atom is -0.391 e. The maximum Gasteiger partial charge on any atom is 0.0774 e. The van der Waals surface area contributed by atoms with Gasteiger partial charge in [-0.1, -0.05) is 0 Å². The van der Waals surface area contributed by atoms with Gasteiger partial charge in [0, 0.05) is 15.5 Å². The van der Waals surface area contributed by atoms with E-state index in [1.54, 1.807) is 11.3 Å². The van der Waals surface area contributed by atoms with Crippen LogP contribution in [0.25, 0.3) is 10.1 Å². The Morgan fingerprint density at radius 2 is 2.14 bits per heavy atom. The van der Waals surface area contributed by atoms with Crippen LogP contribution in [-0.2, 0) is 12.5 Å². The van der Waals surface area contributed by atoms with Crippen LogP contribution in [0.15, 0.2) is 18.2 Å². The molecule has 1 nitrogen and oxygen atoms in total. The van der Waals surface area contributed by atoms with Crippen LogP contribution >= 0.6 is 22.9 Å². The summed E-state index contributed by atoms with van der Waals surface area (Å²) in [6, 6.07) is 6.26. The third-order valence-electron chi connectivity index (χ3n) is 2.33. The number of aliphatic hydroxyl groups excluding tert-OH is 1. The molecule has 2 rings (SSSR count). The second kappa shape index (κ2) is 3.89. The quantitative estimate of drug-likeness (QED) is 0.778. The highest BCUT2D eigenvalue weighted by Crippen LogP contribution is 2.29. The summed E-state index contributed by atoms with van der Waals surface area (Å²) >= 11 is 7.46. The van der Waals surface area contributed by atoms with Crippen molar-refractivity contribution in [3.63, 3.8) is 0 Å². The number of hydrogen-bond donors (Lipinski definition) is 1. The van der Waals surface area contributed by atoms with Crippen LogP contribution in [0.4, 0.5) is 0 Å². The maximum absolute atomic E-state index is 9.02. The lowest BCUT2D eigenvalue weighted by molar-refractivity contribution is 0.285. The minimum absolute atomic E-state index is 0.120. The Labute approximate surface area is 91.9 Å². The standard InChI is InChI=1S/C11H11ClOS/c1-7-2-11-8(3-9(7)5-12)4-10(6-13)14-11/h2-4,13H,5-6H2,1H3. The fourth-order valence-corrected chi connectivity index (χ4v) is 2.80. The molecule has 0 aliphatic heterocycles. The highest BCUT2D eigenvalue weighted by Gasteiger charge is 2.04. The predicted molar refractivity (Wildman–Crippen MR) is 62.0 cm³/mol. The van der Waals surface area contributed by atoms with Gasteiger partial charge in [0.25, 0.3) is 0 Å². The number of aliphatic hydroxyl groups is 1. The summed E-state index contributed by atoms with van der Waals surface area (Å²) < 4.78 is 1.22. The van der Waals surface area contributed by atoms with Crippen molar-refractivity contribution in [3.05, 3.63) is 34.2 Å². The summed E-state index contributed by atoms with van der Waals surface area (Å²) in [5, 5.41) is 10.2. The van der Waals surface area contributed by atoms with Crippen molar-refractivity contribution < 1.29 is 5.11 Å². The fourth-order valence-electron chi connectivity index (χ4n) is 1.51. The molecule has 0 aliphatic carbocycles. The van der Waals surface area contributed by atoms with Gasteiger partial charge in [0.15, 0.2) is 0 Å². The molecule has 0 amide bonds. The molecule has 3 heteroatoms. The lowest BCUT2D eigenvalue weighted by Crippen LogP contribution is -1.82. The SMILES string of the molecule is Cc1cc2sc(CO)cc2cc1CCl. The number of aryl methyl sites for hydroxylation is 1. The van der Waals surface area contributed by atoms with Crippen molar-refractivity contribution in [1.29, 1.82) is 0 Å². The molecule has 1 heterocycles. The molecule has 1 aromatic carbocycles. The monoisotopic (exact) mass is 226 g/mol. The molecule has 0 unspecified atom stereocenters. The van der Waals surface area contributed by atoms with E-state index in [0.29, 0.717) is 5.88 Å². The molecule has 14 heavy (non-hydrogen) atoms. The predicted octanol–water partition coefficient (Wildman–Crippen LogP) is 3.44. The van der Waals surface area contributed by atoms with Crippen LogP contribution in [0.1, 0.15) is 16.0 Å². The van der Waals surface area contributed by atoms with Gasteiger partial charge in [0.2, 0.25) is 0 Å². The van der Waals surface area contributed by atoms with Crippen LogP contribution in [0.2, 0.25) is 0 Å². The molecule has 0 bridgehead atoms. The smallest absolute Gasteiger partial charge is 0.0774 e. The van der Waals surface area contributed by atoms with Gasteiger partial charge in [-0.05, 0) is 41.6 Å². The normalized spacial score (nSPS) is 11.1. The van der Waals surface area contributed by atoms with E-state index < -0.39 is 0 Å². The largest absolute Gasteiger partial charge is 0.391 e. The van der Waals surface area contributed by atoms with Crippen LogP contribution < -0.4 is 0 Å². The van der Waals surface area contributed by atoms with E-state index >= 15 is 0 Å². The summed E-state index contributed by atoms with van der Waals surface area (Å²) in [4.78, 5) is 1.01. The zero-order valence-corrected chi connectivity index (χ0v) is 9.45. The zero-order chi connectivity index (χ0) is 10.1. The molecule has 0 saturated carbocycles. The van der Waals surface area contributed by atoms with Crippen LogP contribution in [0.3, 0.4) is 0 Å². The van der Waals surface area contributed by atoms with Gasteiger partial charge in [-0.15, -0.1) is 22.9 Å². The number of benzene rings is 1. The number of halogens is 1. The third kappa shape index (κ3) is 1.65. The first kappa shape index (κ1) is 9.97. The van der Waals surface area contributed by atoms with Gasteiger partial charge in [0.1, 0.15) is 0 Å². The van der Waals surface area contributed by atoms with E-state index in [9.17, 15) is 0 Å². The van der Waals surface area contributed by atoms with Gasteiger partial charge in [-0.2, -0.15) is 0 Å². The van der Waals surface area contributed by atoms with Crippen molar-refractivity contribution in [1.82, 2.24) is 0 Å². The maximum atomic E-state index is 9.02. The molecule has 2 aromatic rings. The van der Waals surface area contributed by atoms with Gasteiger partial charge in [-0.3, -0.25) is 0 Å². The summed E-state index contributed by atoms with van der Waals surface area (Å²) in [7, 11) is 0. The van der Waals surface area contributed by atoms with E-state index in [-0.39, 0.29) is 6.61 Å². The average molecular weight is 227 g/mol. The van der Waals surface area contributed by atoms with Gasteiger partial charge >= 0.3 is 0 Å². The molecule has 0 atom stereocenters. The second-order valence-corrected chi connectivity index (χ2v) is 4.76. The summed E-state index contributed by atoms with van der Waals surface area (Å²) in [6.45, 7) is 2.18. The molecule has 0 fully saturated rings. The lowest BCUT2D eigenvalue weighted by atomic mass is 10.1. The van der Waals surface area contributed by atoms with E-state index in [1.165, 1.54) is 21.2 Å². The van der Waals surface area contributed by atoms with Crippen LogP contribution in [-0.4, -0.2) is 5.11 Å². The van der Waals surface area contributed by atoms with Crippen molar-refractivity contribution in [3.8, 4) is 0 Å². The van der Waals surface area contributed by atoms with E-state index in [2.05, 4.69) is 19.1 Å². The van der Waals surface area contributed by atoms with E-state index in [4.69, 9.17) is 16.7 Å². The first-order valence-electron chi connectivity index (χ1n) is 4.43. The molecule has 1 aromatic heterocycles. The summed E-state index contributed by atoms with van der Waals surface area (Å²) in [5.41, 5.74) is 2.39. The van der Waals surface area contributed by atoms with Crippen molar-refractivity contribution in [2.75, 3.05) is 0 Å². The van der Waals surface area contributed by atoms with Gasteiger partial charge in [0.05, 0.1) is 6.61 Å². The van der Waals surface area contributed by atoms with Crippen molar-refractivity contribution >= 4 is 33.0 Å². The Morgan fingerprint density at radius 3 is 2.79 bits per heavy atom. The van der Waals surface area contributed by atoms with Crippen LogP contribution in [0.5, 0.6) is 0 Å². The first-order chi connectivity index (χ1) is 6.74. The molecule has 0 spiro atoms. The zero-order valence-electron chi connectivity index (χ0n) is 7.88. The van der Waals surface area contributed by atoms with Crippen molar-refractivity contribution in [2.24, 2.45) is 0 Å². The average Bonchev–Trinajstić information content (AvgIpc) is 2.58. The summed E-state index contributed by atoms with van der Waals surface area (Å²) in [5.74, 6) is 0.548. The number of fused-ring (bicyclic) bond motifs is 1. The Morgan fingerprint density at radius 1 is 1.36 bits per heavy atom. The second-order valence-electron chi connectivity index (χ2n) is 3.32. The Kier molecular flexibility index (Phi) is 2.77. The molecule has 74 valence electrons. The molecular formula is C11H11ClOS. The van der Waals surface area contributed by atoms with Gasteiger partial charge < -0.3 is 5.11 Å². The number of alkyl halides is 1. The van der Waals surface area contributed by atoms with E-state index in [1.807, 2.05) is 6.07 Å². The number of rotatable bonds is 2. The van der Waals surface area contributed by atoms with E-state index in [0.717, 1.165) is 4.88 Å². The van der Waals surface area contributed by atoms with Crippen molar-refractivity contribution in [2.45, 2.75) is 19.4 Å². The summed E-state index contributed by atoms with van der Waals surface area (Å²) in [6.07, 6.45) is 0. The minimum atomic E-state index is 0.120. The first-order valence-corrected chi connectivity index (χ1v) is 5.78. The molecule has 0 aliphatic rings. The topological polar surface area (TPSA) is 20.2 Å². The Balaban J connectivity index is 2.64. The number of hydrogen-bond acceptors (Lipinski definition) is 2. The molecule has 0 saturated heterocycles. The third-order valence-corrected chi connectivity index (χ3v) is 3.70. The van der Waals surface area contributed by atoms with Crippen LogP contribution in [0, 0.1) is 6.92 Å². The Hall–Kier alpha value is -0.570. The molecular weight excluding hydrogens is 216 g/mol. The highest BCUT2D eigenvalue weighted by molar-refractivity contribution is 7.19. The number of thiophene rings is 1.